The summed E-state index contributed by atoms with van der Waals surface area (Å²) < 4.78 is 26.6. The van der Waals surface area contributed by atoms with Gasteiger partial charge in [0.1, 0.15) is 0 Å². The van der Waals surface area contributed by atoms with Crippen molar-refractivity contribution in [3.05, 3.63) is 56.8 Å². The van der Waals surface area contributed by atoms with Crippen LogP contribution in [0.5, 0.6) is 0 Å². The molecular weight excluding hydrogens is 341 g/mol. The number of hydrogen-bond donors (Lipinski definition) is 1. The van der Waals surface area contributed by atoms with Crippen LogP contribution in [-0.2, 0) is 10.0 Å². The highest BCUT2D eigenvalue weighted by Crippen LogP contribution is 2.30. The van der Waals surface area contributed by atoms with E-state index in [4.69, 9.17) is 23.2 Å². The maximum Gasteiger partial charge on any atom is 0.291 e. The molecule has 21 heavy (non-hydrogen) atoms. The highest BCUT2D eigenvalue weighted by molar-refractivity contribution is 7.92. The molecule has 0 bridgehead atoms. The van der Waals surface area contributed by atoms with Crippen LogP contribution in [0.2, 0.25) is 10.0 Å². The van der Waals surface area contributed by atoms with Gasteiger partial charge in [0.05, 0.1) is 21.8 Å². The Bertz CT molecular complexity index is 811. The summed E-state index contributed by atoms with van der Waals surface area (Å²) in [6.45, 7) is 0. The predicted octanol–water partition coefficient (Wildman–Crippen LogP) is 3.10. The van der Waals surface area contributed by atoms with E-state index >= 15 is 0 Å². The predicted molar refractivity (Wildman–Crippen MR) is 78.2 cm³/mol. The van der Waals surface area contributed by atoms with Crippen LogP contribution in [0, 0.1) is 10.1 Å². The molecule has 0 aliphatic carbocycles. The van der Waals surface area contributed by atoms with Crippen LogP contribution < -0.4 is 4.72 Å². The number of nitro benzene ring substituents is 1. The van der Waals surface area contributed by atoms with E-state index < -0.39 is 25.5 Å². The summed E-state index contributed by atoms with van der Waals surface area (Å²) in [6, 6.07) is 4.64. The molecule has 0 aliphatic heterocycles. The highest BCUT2D eigenvalue weighted by atomic mass is 35.5. The van der Waals surface area contributed by atoms with Gasteiger partial charge in [-0.15, -0.1) is 0 Å². The first-order chi connectivity index (χ1) is 9.81. The van der Waals surface area contributed by atoms with Crippen LogP contribution in [0.25, 0.3) is 0 Å². The quantitative estimate of drug-likeness (QED) is 0.676. The third-order valence-corrected chi connectivity index (χ3v) is 4.40. The van der Waals surface area contributed by atoms with Crippen molar-refractivity contribution in [1.82, 2.24) is 4.98 Å². The van der Waals surface area contributed by atoms with E-state index in [1.807, 2.05) is 0 Å². The summed E-state index contributed by atoms with van der Waals surface area (Å²) in [6.07, 6.45) is 2.58. The lowest BCUT2D eigenvalue weighted by molar-refractivity contribution is -0.387. The lowest BCUT2D eigenvalue weighted by Crippen LogP contribution is -2.15. The molecule has 10 heteroatoms. The van der Waals surface area contributed by atoms with Crippen LogP contribution in [0.1, 0.15) is 0 Å². The van der Waals surface area contributed by atoms with Gasteiger partial charge in [-0.3, -0.25) is 19.8 Å². The van der Waals surface area contributed by atoms with Gasteiger partial charge in [0.15, 0.2) is 4.90 Å². The molecule has 0 unspecified atom stereocenters. The van der Waals surface area contributed by atoms with Gasteiger partial charge in [-0.1, -0.05) is 23.2 Å². The molecule has 0 spiro atoms. The molecule has 2 aromatic rings. The van der Waals surface area contributed by atoms with Gasteiger partial charge in [0.2, 0.25) is 0 Å². The minimum atomic E-state index is -4.20. The number of anilines is 1. The Morgan fingerprint density at radius 3 is 2.57 bits per heavy atom. The minimum Gasteiger partial charge on any atom is -0.276 e. The lowest BCUT2D eigenvalue weighted by Gasteiger charge is -2.09. The molecule has 0 amide bonds. The molecule has 0 fully saturated rings. The third-order valence-electron chi connectivity index (χ3n) is 2.42. The van der Waals surface area contributed by atoms with Crippen LogP contribution in [0.3, 0.4) is 0 Å². The van der Waals surface area contributed by atoms with Gasteiger partial charge in [0, 0.05) is 17.3 Å². The maximum absolute atomic E-state index is 12.2. The molecule has 7 nitrogen and oxygen atoms in total. The zero-order valence-electron chi connectivity index (χ0n) is 10.2. The van der Waals surface area contributed by atoms with Crippen LogP contribution >= 0.6 is 23.2 Å². The van der Waals surface area contributed by atoms with Crippen molar-refractivity contribution in [3.8, 4) is 0 Å². The number of nitro groups is 1. The first-order valence-corrected chi connectivity index (χ1v) is 7.61. The molecule has 2 rings (SSSR count). The van der Waals surface area contributed by atoms with E-state index in [0.29, 0.717) is 0 Å². The number of hydrogen-bond acceptors (Lipinski definition) is 5. The molecule has 1 aromatic heterocycles. The molecular formula is C11H7Cl2N3O4S. The van der Waals surface area contributed by atoms with Crippen molar-refractivity contribution in [2.75, 3.05) is 4.72 Å². The Kier molecular flexibility index (Phi) is 4.31. The number of pyridine rings is 1. The Morgan fingerprint density at radius 2 is 1.95 bits per heavy atom. The van der Waals surface area contributed by atoms with Crippen LogP contribution in [0.4, 0.5) is 11.4 Å². The molecule has 1 heterocycles. The van der Waals surface area contributed by atoms with Gasteiger partial charge >= 0.3 is 0 Å². The Hall–Kier alpha value is -1.90. The number of sulfonamides is 1. The van der Waals surface area contributed by atoms with Gasteiger partial charge in [-0.2, -0.15) is 0 Å². The fourth-order valence-corrected chi connectivity index (χ4v) is 3.11. The average Bonchev–Trinajstić information content (AvgIpc) is 2.40. The van der Waals surface area contributed by atoms with E-state index in [1.165, 1.54) is 24.5 Å². The third kappa shape index (κ3) is 3.41. The number of nitrogens with one attached hydrogen (secondary N) is 1. The van der Waals surface area contributed by atoms with Gasteiger partial charge in [0.25, 0.3) is 15.7 Å². The average molecular weight is 348 g/mol. The van der Waals surface area contributed by atoms with Crippen molar-refractivity contribution in [2.45, 2.75) is 4.90 Å². The van der Waals surface area contributed by atoms with E-state index in [0.717, 1.165) is 12.1 Å². The standard InChI is InChI=1S/C11H7Cl2N3O4S/c12-7-1-2-11(10(5-7)16(17)18)21(19,20)15-9-6-14-4-3-8(9)13/h1-6,15H. The SMILES string of the molecule is O=[N+]([O-])c1cc(Cl)ccc1S(=O)(=O)Nc1cnccc1Cl. The normalized spacial score (nSPS) is 11.1. The van der Waals surface area contributed by atoms with Crippen molar-refractivity contribution in [1.29, 1.82) is 0 Å². The zero-order valence-corrected chi connectivity index (χ0v) is 12.5. The van der Waals surface area contributed by atoms with Gasteiger partial charge in [-0.25, -0.2) is 8.42 Å². The second kappa shape index (κ2) is 5.84. The lowest BCUT2D eigenvalue weighted by atomic mass is 10.3. The Morgan fingerprint density at radius 1 is 1.24 bits per heavy atom. The smallest absolute Gasteiger partial charge is 0.276 e. The molecule has 1 aromatic carbocycles. The number of rotatable bonds is 4. The molecule has 0 aliphatic rings. The first-order valence-electron chi connectivity index (χ1n) is 5.37. The van der Waals surface area contributed by atoms with E-state index in [9.17, 15) is 18.5 Å². The topological polar surface area (TPSA) is 102 Å². The van der Waals surface area contributed by atoms with Gasteiger partial charge < -0.3 is 0 Å². The van der Waals surface area contributed by atoms with Crippen molar-refractivity contribution in [3.63, 3.8) is 0 Å². The molecule has 110 valence electrons. The summed E-state index contributed by atoms with van der Waals surface area (Å²) in [7, 11) is -4.20. The first kappa shape index (κ1) is 15.5. The van der Waals surface area contributed by atoms with E-state index in [1.54, 1.807) is 0 Å². The number of aromatic nitrogens is 1. The van der Waals surface area contributed by atoms with E-state index in [2.05, 4.69) is 9.71 Å². The summed E-state index contributed by atoms with van der Waals surface area (Å²) in [5, 5.41) is 11.1. The summed E-state index contributed by atoms with van der Waals surface area (Å²) >= 11 is 11.5. The molecule has 0 saturated carbocycles. The zero-order chi connectivity index (χ0) is 15.6. The van der Waals surface area contributed by atoms with Crippen molar-refractivity contribution >= 4 is 44.6 Å². The minimum absolute atomic E-state index is 0.0171. The number of halogens is 2. The monoisotopic (exact) mass is 347 g/mol. The Labute approximate surface area is 129 Å². The summed E-state index contributed by atoms with van der Waals surface area (Å²) in [4.78, 5) is 13.3. The molecule has 1 N–H and O–H groups in total. The second-order valence-corrected chi connectivity index (χ2v) is 6.32. The molecule has 0 radical (unpaired) electrons. The molecule has 0 atom stereocenters. The second-order valence-electron chi connectivity index (χ2n) is 3.83. The number of benzene rings is 1. The van der Waals surface area contributed by atoms with Crippen molar-refractivity contribution in [2.24, 2.45) is 0 Å². The molecule has 0 saturated heterocycles. The Balaban J connectivity index is 2.50. The fraction of sp³-hybridized carbons (Fsp3) is 0. The maximum atomic E-state index is 12.2. The van der Waals surface area contributed by atoms with E-state index in [-0.39, 0.29) is 15.7 Å². The van der Waals surface area contributed by atoms with Crippen LogP contribution in [0.15, 0.2) is 41.6 Å². The summed E-state index contributed by atoms with van der Waals surface area (Å²) in [5.41, 5.74) is -0.613. The number of nitrogens with zero attached hydrogens (tertiary/aromatic N) is 2. The summed E-state index contributed by atoms with van der Waals surface area (Å²) in [5.74, 6) is 0. The largest absolute Gasteiger partial charge is 0.291 e. The van der Waals surface area contributed by atoms with Gasteiger partial charge in [-0.05, 0) is 18.2 Å². The van der Waals surface area contributed by atoms with Crippen molar-refractivity contribution < 1.29 is 13.3 Å². The highest BCUT2D eigenvalue weighted by Gasteiger charge is 2.26. The van der Waals surface area contributed by atoms with Crippen LogP contribution in [-0.4, -0.2) is 18.3 Å². The fourth-order valence-electron chi connectivity index (χ4n) is 1.51.